The van der Waals surface area contributed by atoms with Crippen molar-refractivity contribution < 1.29 is 4.79 Å². The molecule has 86 valence electrons. The molecule has 0 aliphatic heterocycles. The number of rotatable bonds is 3. The lowest BCUT2D eigenvalue weighted by molar-refractivity contribution is 0.0983. The van der Waals surface area contributed by atoms with Gasteiger partial charge in [-0.15, -0.1) is 0 Å². The van der Waals surface area contributed by atoms with Crippen LogP contribution in [0.15, 0.2) is 60.7 Å². The number of nitrogens with one attached hydrogen (secondary N) is 1. The van der Waals surface area contributed by atoms with E-state index in [4.69, 9.17) is 0 Å². The molecule has 4 heteroatoms. The van der Waals surface area contributed by atoms with Crippen LogP contribution in [0.5, 0.6) is 0 Å². The number of benzene rings is 2. The molecule has 0 fully saturated rings. The fourth-order valence-electron chi connectivity index (χ4n) is 1.49. The third-order valence-electron chi connectivity index (χ3n) is 2.32. The van der Waals surface area contributed by atoms with Crippen LogP contribution in [0, 0.1) is 0 Å². The first-order valence-electron chi connectivity index (χ1n) is 5.14. The molecule has 0 heterocycles. The molecule has 1 N–H and O–H groups in total. The van der Waals surface area contributed by atoms with Crippen molar-refractivity contribution in [2.24, 2.45) is 0 Å². The second-order valence-corrected chi connectivity index (χ2v) is 3.78. The van der Waals surface area contributed by atoms with E-state index in [1.54, 1.807) is 12.1 Å². The molecule has 2 rings (SSSR count). The summed E-state index contributed by atoms with van der Waals surface area (Å²) in [6, 6.07) is 18.5. The van der Waals surface area contributed by atoms with E-state index in [2.05, 4.69) is 20.6 Å². The first-order chi connectivity index (χ1) is 8.33. The van der Waals surface area contributed by atoms with Gasteiger partial charge in [0, 0.05) is 21.7 Å². The Labute approximate surface area is 108 Å². The normalized spacial score (nSPS) is 9.94. The number of hydrogen-bond donors (Lipinski definition) is 1. The number of nitrogens with zero attached hydrogens (tertiary/aromatic N) is 1. The van der Waals surface area contributed by atoms with Gasteiger partial charge in [-0.3, -0.25) is 4.79 Å². The number of anilines is 1. The van der Waals surface area contributed by atoms with Gasteiger partial charge in [-0.25, -0.2) is 5.01 Å². The molecule has 1 amide bonds. The summed E-state index contributed by atoms with van der Waals surface area (Å²) in [6.45, 7) is 0. The molecular weight excluding hydrogens is 280 g/mol. The van der Waals surface area contributed by atoms with Gasteiger partial charge in [0.25, 0.3) is 5.91 Å². The lowest BCUT2D eigenvalue weighted by atomic mass is 10.2. The van der Waals surface area contributed by atoms with Gasteiger partial charge in [0.1, 0.15) is 0 Å². The maximum Gasteiger partial charge on any atom is 0.273 e. The van der Waals surface area contributed by atoms with Crippen molar-refractivity contribution in [1.29, 1.82) is 0 Å². The van der Waals surface area contributed by atoms with Gasteiger partial charge < -0.3 is 0 Å². The smallest absolute Gasteiger partial charge is 0.267 e. The van der Waals surface area contributed by atoms with E-state index in [-0.39, 0.29) is 5.91 Å². The lowest BCUT2D eigenvalue weighted by Crippen LogP contribution is -2.37. The Morgan fingerprint density at radius 3 is 2.00 bits per heavy atom. The molecule has 2 aromatic rings. The minimum atomic E-state index is -0.117. The number of carbonyl (C=O) groups is 1. The topological polar surface area (TPSA) is 32.3 Å². The van der Waals surface area contributed by atoms with E-state index in [9.17, 15) is 4.79 Å². The second-order valence-electron chi connectivity index (χ2n) is 3.43. The third kappa shape index (κ3) is 2.72. The highest BCUT2D eigenvalue weighted by atomic mass is 79.9. The summed E-state index contributed by atoms with van der Waals surface area (Å²) < 4.78 is 2.71. The van der Waals surface area contributed by atoms with E-state index in [1.165, 1.54) is 5.01 Å². The van der Waals surface area contributed by atoms with E-state index in [1.807, 2.05) is 48.5 Å². The standard InChI is InChI=1S/C13H11BrN2O/c14-15-16(12-9-5-2-6-10-12)13(17)11-7-3-1-4-8-11/h1-10,15H. The zero-order chi connectivity index (χ0) is 12.1. The van der Waals surface area contributed by atoms with E-state index < -0.39 is 0 Å². The van der Waals surface area contributed by atoms with Crippen LogP contribution in [0.3, 0.4) is 0 Å². The van der Waals surface area contributed by atoms with E-state index in [0.29, 0.717) is 5.56 Å². The Kier molecular flexibility index (Phi) is 3.90. The van der Waals surface area contributed by atoms with Crippen LogP contribution in [0.25, 0.3) is 0 Å². The zero-order valence-corrected chi connectivity index (χ0v) is 10.6. The van der Waals surface area contributed by atoms with Crippen LogP contribution >= 0.6 is 16.1 Å². The molecule has 0 aliphatic carbocycles. The Morgan fingerprint density at radius 1 is 0.941 bits per heavy atom. The number of hydrogen-bond acceptors (Lipinski definition) is 2. The maximum atomic E-state index is 12.2. The predicted octanol–water partition coefficient (Wildman–Crippen LogP) is 3.15. The summed E-state index contributed by atoms with van der Waals surface area (Å²) in [5, 5.41) is 1.44. The molecule has 3 nitrogen and oxygen atoms in total. The summed E-state index contributed by atoms with van der Waals surface area (Å²) >= 11 is 3.11. The van der Waals surface area contributed by atoms with Crippen molar-refractivity contribution >= 4 is 27.7 Å². The van der Waals surface area contributed by atoms with Crippen molar-refractivity contribution in [2.75, 3.05) is 5.01 Å². The maximum absolute atomic E-state index is 12.2. The number of amides is 1. The predicted molar refractivity (Wildman–Crippen MR) is 71.8 cm³/mol. The van der Waals surface area contributed by atoms with Crippen molar-refractivity contribution in [3.8, 4) is 0 Å². The first-order valence-corrected chi connectivity index (χ1v) is 5.93. The summed E-state index contributed by atoms with van der Waals surface area (Å²) in [7, 11) is 0. The van der Waals surface area contributed by atoms with Crippen LogP contribution in [-0.4, -0.2) is 5.91 Å². The molecule has 0 aromatic heterocycles. The molecule has 0 bridgehead atoms. The summed E-state index contributed by atoms with van der Waals surface area (Å²) in [4.78, 5) is 12.2. The molecule has 2 aromatic carbocycles. The Hall–Kier alpha value is -1.65. The molecule has 17 heavy (non-hydrogen) atoms. The van der Waals surface area contributed by atoms with Crippen LogP contribution in [0.1, 0.15) is 10.4 Å². The molecule has 0 spiro atoms. The second kappa shape index (κ2) is 5.61. The van der Waals surface area contributed by atoms with Gasteiger partial charge in [-0.1, -0.05) is 36.4 Å². The molecule has 0 unspecified atom stereocenters. The van der Waals surface area contributed by atoms with Crippen LogP contribution in [-0.2, 0) is 0 Å². The molecule has 0 saturated carbocycles. The molecule has 0 radical (unpaired) electrons. The molecular formula is C13H11BrN2O. The largest absolute Gasteiger partial charge is 0.273 e. The van der Waals surface area contributed by atoms with E-state index in [0.717, 1.165) is 5.69 Å². The quantitative estimate of drug-likeness (QED) is 0.696. The van der Waals surface area contributed by atoms with Crippen LogP contribution in [0.4, 0.5) is 5.69 Å². The minimum Gasteiger partial charge on any atom is -0.267 e. The van der Waals surface area contributed by atoms with Crippen molar-refractivity contribution in [3.63, 3.8) is 0 Å². The van der Waals surface area contributed by atoms with Crippen molar-refractivity contribution in [1.82, 2.24) is 4.45 Å². The highest BCUT2D eigenvalue weighted by molar-refractivity contribution is 9.08. The average molecular weight is 291 g/mol. The Balaban J connectivity index is 2.29. The monoisotopic (exact) mass is 290 g/mol. The summed E-state index contributed by atoms with van der Waals surface area (Å²) in [6.07, 6.45) is 0. The van der Waals surface area contributed by atoms with Gasteiger partial charge in [0.2, 0.25) is 0 Å². The summed E-state index contributed by atoms with van der Waals surface area (Å²) in [5.41, 5.74) is 1.40. The zero-order valence-electron chi connectivity index (χ0n) is 9.01. The summed E-state index contributed by atoms with van der Waals surface area (Å²) in [5.74, 6) is -0.117. The molecule has 0 aliphatic rings. The molecule has 0 atom stereocenters. The van der Waals surface area contributed by atoms with Gasteiger partial charge in [0.15, 0.2) is 0 Å². The van der Waals surface area contributed by atoms with Gasteiger partial charge in [0.05, 0.1) is 5.69 Å². The highest BCUT2D eigenvalue weighted by Crippen LogP contribution is 2.15. The van der Waals surface area contributed by atoms with Crippen LogP contribution < -0.4 is 9.46 Å². The minimum absolute atomic E-state index is 0.117. The Bertz CT molecular complexity index is 487. The Morgan fingerprint density at radius 2 is 1.47 bits per heavy atom. The average Bonchev–Trinajstić information content (AvgIpc) is 2.42. The van der Waals surface area contributed by atoms with Crippen molar-refractivity contribution in [3.05, 3.63) is 66.2 Å². The first kappa shape index (κ1) is 11.8. The third-order valence-corrected chi connectivity index (χ3v) is 2.68. The SMILES string of the molecule is O=C(c1ccccc1)N(NBr)c1ccccc1. The fraction of sp³-hybridized carbons (Fsp3) is 0. The number of para-hydroxylation sites is 1. The fourth-order valence-corrected chi connectivity index (χ4v) is 1.86. The van der Waals surface area contributed by atoms with Gasteiger partial charge >= 0.3 is 0 Å². The number of carbonyl (C=O) groups excluding carboxylic acids is 1. The van der Waals surface area contributed by atoms with Crippen LogP contribution in [0.2, 0.25) is 0 Å². The van der Waals surface area contributed by atoms with Crippen molar-refractivity contribution in [2.45, 2.75) is 0 Å². The van der Waals surface area contributed by atoms with Gasteiger partial charge in [-0.05, 0) is 24.3 Å². The molecule has 0 saturated heterocycles. The van der Waals surface area contributed by atoms with Gasteiger partial charge in [-0.2, -0.15) is 4.45 Å². The number of hydrazine groups is 1. The highest BCUT2D eigenvalue weighted by Gasteiger charge is 2.15. The lowest BCUT2D eigenvalue weighted by Gasteiger charge is -2.19. The van der Waals surface area contributed by atoms with E-state index >= 15 is 0 Å². The number of halogens is 1.